The van der Waals surface area contributed by atoms with Crippen molar-refractivity contribution in [1.82, 2.24) is 4.57 Å². The molecule has 92 valence electrons. The molecule has 0 saturated carbocycles. The van der Waals surface area contributed by atoms with Gasteiger partial charge in [-0.2, -0.15) is 0 Å². The molecule has 18 heavy (non-hydrogen) atoms. The fourth-order valence-electron chi connectivity index (χ4n) is 1.68. The molecule has 0 unspecified atom stereocenters. The molecule has 0 radical (unpaired) electrons. The Kier molecular flexibility index (Phi) is 3.63. The summed E-state index contributed by atoms with van der Waals surface area (Å²) in [6.07, 6.45) is 6.05. The Labute approximate surface area is 106 Å². The van der Waals surface area contributed by atoms with Gasteiger partial charge in [-0.05, 0) is 35.9 Å². The van der Waals surface area contributed by atoms with Crippen molar-refractivity contribution in [2.75, 3.05) is 7.11 Å². The fourth-order valence-corrected chi connectivity index (χ4v) is 1.68. The third-order valence-corrected chi connectivity index (χ3v) is 2.76. The van der Waals surface area contributed by atoms with Crippen molar-refractivity contribution in [3.63, 3.8) is 0 Å². The summed E-state index contributed by atoms with van der Waals surface area (Å²) in [5.41, 5.74) is 2.74. The van der Waals surface area contributed by atoms with E-state index in [9.17, 15) is 4.79 Å². The molecule has 3 nitrogen and oxygen atoms in total. The highest BCUT2D eigenvalue weighted by atomic mass is 16.5. The molecule has 1 aromatic heterocycles. The van der Waals surface area contributed by atoms with Crippen LogP contribution in [-0.4, -0.2) is 17.6 Å². The molecule has 0 aliphatic carbocycles. The van der Waals surface area contributed by atoms with E-state index in [0.29, 0.717) is 5.56 Å². The van der Waals surface area contributed by atoms with E-state index in [1.54, 1.807) is 12.1 Å². The lowest BCUT2D eigenvalue weighted by atomic mass is 10.1. The summed E-state index contributed by atoms with van der Waals surface area (Å²) in [6.45, 7) is 0. The quantitative estimate of drug-likeness (QED) is 0.773. The maximum absolute atomic E-state index is 11.3. The molecular formula is C15H15NO2. The lowest BCUT2D eigenvalue weighted by molar-refractivity contribution is 0.0601. The molecule has 0 aliphatic heterocycles. The Morgan fingerprint density at radius 2 is 1.89 bits per heavy atom. The van der Waals surface area contributed by atoms with Crippen LogP contribution in [0.4, 0.5) is 0 Å². The number of rotatable bonds is 3. The Morgan fingerprint density at radius 1 is 1.17 bits per heavy atom. The van der Waals surface area contributed by atoms with Crippen LogP contribution in [-0.2, 0) is 11.8 Å². The summed E-state index contributed by atoms with van der Waals surface area (Å²) in [7, 11) is 3.38. The summed E-state index contributed by atoms with van der Waals surface area (Å²) in [6, 6.07) is 11.4. The van der Waals surface area contributed by atoms with Gasteiger partial charge in [-0.3, -0.25) is 0 Å². The normalized spacial score (nSPS) is 10.8. The summed E-state index contributed by atoms with van der Waals surface area (Å²) < 4.78 is 6.69. The highest BCUT2D eigenvalue weighted by molar-refractivity contribution is 5.89. The number of nitrogens with zero attached hydrogens (tertiary/aromatic N) is 1. The lowest BCUT2D eigenvalue weighted by Gasteiger charge is -2.00. The molecule has 2 rings (SSSR count). The van der Waals surface area contributed by atoms with Crippen LogP contribution < -0.4 is 0 Å². The van der Waals surface area contributed by atoms with Gasteiger partial charge in [0.15, 0.2) is 0 Å². The third kappa shape index (κ3) is 2.69. The van der Waals surface area contributed by atoms with Gasteiger partial charge in [0, 0.05) is 18.9 Å². The van der Waals surface area contributed by atoms with E-state index in [1.807, 2.05) is 54.2 Å². The summed E-state index contributed by atoms with van der Waals surface area (Å²) in [5, 5.41) is 0. The van der Waals surface area contributed by atoms with Crippen LogP contribution in [0, 0.1) is 0 Å². The molecule has 3 heteroatoms. The third-order valence-electron chi connectivity index (χ3n) is 2.76. The second-order valence-corrected chi connectivity index (χ2v) is 3.99. The number of hydrogen-bond acceptors (Lipinski definition) is 2. The maximum Gasteiger partial charge on any atom is 0.337 e. The zero-order valence-electron chi connectivity index (χ0n) is 10.5. The van der Waals surface area contributed by atoms with Gasteiger partial charge in [0.2, 0.25) is 0 Å². The Bertz CT molecular complexity index is 564. The second-order valence-electron chi connectivity index (χ2n) is 3.99. The van der Waals surface area contributed by atoms with Crippen LogP contribution in [0.1, 0.15) is 21.6 Å². The van der Waals surface area contributed by atoms with E-state index < -0.39 is 0 Å². The van der Waals surface area contributed by atoms with Crippen molar-refractivity contribution < 1.29 is 9.53 Å². The molecule has 1 heterocycles. The maximum atomic E-state index is 11.3. The SMILES string of the molecule is COC(=O)c1ccc(C=Cc2cccn2C)cc1. The predicted molar refractivity (Wildman–Crippen MR) is 72.1 cm³/mol. The average molecular weight is 241 g/mol. The molecule has 0 aliphatic rings. The number of aromatic nitrogens is 1. The first kappa shape index (κ1) is 12.2. The topological polar surface area (TPSA) is 31.2 Å². The Morgan fingerprint density at radius 3 is 2.44 bits per heavy atom. The highest BCUT2D eigenvalue weighted by Gasteiger charge is 2.03. The lowest BCUT2D eigenvalue weighted by Crippen LogP contribution is -2.00. The number of aryl methyl sites for hydroxylation is 1. The Balaban J connectivity index is 2.14. The summed E-state index contributed by atoms with van der Waals surface area (Å²) in [4.78, 5) is 11.3. The standard InChI is InChI=1S/C15H15NO2/c1-16-11-3-4-14(16)10-7-12-5-8-13(9-6-12)15(17)18-2/h3-11H,1-2H3. The zero-order chi connectivity index (χ0) is 13.0. The van der Waals surface area contributed by atoms with Crippen LogP contribution in [0.2, 0.25) is 0 Å². The monoisotopic (exact) mass is 241 g/mol. The highest BCUT2D eigenvalue weighted by Crippen LogP contribution is 2.10. The molecule has 0 spiro atoms. The molecule has 0 amide bonds. The van der Waals surface area contributed by atoms with Crippen molar-refractivity contribution >= 4 is 18.1 Å². The van der Waals surface area contributed by atoms with Crippen LogP contribution >= 0.6 is 0 Å². The molecule has 0 fully saturated rings. The molecule has 0 saturated heterocycles. The van der Waals surface area contributed by atoms with Crippen molar-refractivity contribution in [2.45, 2.75) is 0 Å². The fraction of sp³-hybridized carbons (Fsp3) is 0.133. The Hall–Kier alpha value is -2.29. The minimum Gasteiger partial charge on any atom is -0.465 e. The molecule has 0 bridgehead atoms. The molecule has 0 atom stereocenters. The van der Waals surface area contributed by atoms with Gasteiger partial charge in [-0.1, -0.05) is 18.2 Å². The predicted octanol–water partition coefficient (Wildman–Crippen LogP) is 2.98. The van der Waals surface area contributed by atoms with Crippen LogP contribution in [0.3, 0.4) is 0 Å². The smallest absolute Gasteiger partial charge is 0.337 e. The zero-order valence-corrected chi connectivity index (χ0v) is 10.5. The first-order chi connectivity index (χ1) is 8.70. The summed E-state index contributed by atoms with van der Waals surface area (Å²) >= 11 is 0. The van der Waals surface area contributed by atoms with Gasteiger partial charge in [0.25, 0.3) is 0 Å². The van der Waals surface area contributed by atoms with Crippen LogP contribution in [0.15, 0.2) is 42.6 Å². The molecular weight excluding hydrogens is 226 g/mol. The van der Waals surface area contributed by atoms with Gasteiger partial charge in [0.1, 0.15) is 0 Å². The van der Waals surface area contributed by atoms with Gasteiger partial charge in [0.05, 0.1) is 12.7 Å². The van der Waals surface area contributed by atoms with Crippen molar-refractivity contribution in [1.29, 1.82) is 0 Å². The van der Waals surface area contributed by atoms with Gasteiger partial charge in [-0.25, -0.2) is 4.79 Å². The van der Waals surface area contributed by atoms with E-state index in [2.05, 4.69) is 4.74 Å². The second kappa shape index (κ2) is 5.36. The minimum atomic E-state index is -0.312. The van der Waals surface area contributed by atoms with Gasteiger partial charge in [-0.15, -0.1) is 0 Å². The van der Waals surface area contributed by atoms with Gasteiger partial charge >= 0.3 is 5.97 Å². The number of esters is 1. The van der Waals surface area contributed by atoms with E-state index in [0.717, 1.165) is 11.3 Å². The first-order valence-corrected chi connectivity index (χ1v) is 5.68. The average Bonchev–Trinajstić information content (AvgIpc) is 2.81. The van der Waals surface area contributed by atoms with E-state index >= 15 is 0 Å². The number of benzene rings is 1. The molecule has 2 aromatic rings. The van der Waals surface area contributed by atoms with Crippen LogP contribution in [0.25, 0.3) is 12.2 Å². The van der Waals surface area contributed by atoms with Crippen molar-refractivity contribution in [3.8, 4) is 0 Å². The van der Waals surface area contributed by atoms with E-state index in [4.69, 9.17) is 0 Å². The molecule has 1 aromatic carbocycles. The van der Waals surface area contributed by atoms with E-state index in [-0.39, 0.29) is 5.97 Å². The largest absolute Gasteiger partial charge is 0.465 e. The number of carbonyl (C=O) groups is 1. The number of carbonyl (C=O) groups excluding carboxylic acids is 1. The molecule has 0 N–H and O–H groups in total. The van der Waals surface area contributed by atoms with Crippen molar-refractivity contribution in [3.05, 3.63) is 59.4 Å². The number of hydrogen-bond donors (Lipinski definition) is 0. The van der Waals surface area contributed by atoms with Crippen molar-refractivity contribution in [2.24, 2.45) is 7.05 Å². The number of ether oxygens (including phenoxy) is 1. The first-order valence-electron chi connectivity index (χ1n) is 5.68. The van der Waals surface area contributed by atoms with E-state index in [1.165, 1.54) is 7.11 Å². The minimum absolute atomic E-state index is 0.312. The number of methoxy groups -OCH3 is 1. The van der Waals surface area contributed by atoms with Gasteiger partial charge < -0.3 is 9.30 Å². The van der Waals surface area contributed by atoms with Crippen LogP contribution in [0.5, 0.6) is 0 Å². The summed E-state index contributed by atoms with van der Waals surface area (Å²) in [5.74, 6) is -0.312.